The number of hydrogen-bond donors (Lipinski definition) is 1. The summed E-state index contributed by atoms with van der Waals surface area (Å²) >= 11 is 1.09. The molecule has 0 aromatic carbocycles. The number of aldehydes is 1. The monoisotopic (exact) mass is 181 g/mol. The molecule has 0 spiro atoms. The molecule has 0 fully saturated rings. The third kappa shape index (κ3) is 1.68. The van der Waals surface area contributed by atoms with Gasteiger partial charge in [0.25, 0.3) is 0 Å². The topological polar surface area (TPSA) is 67.3 Å². The highest BCUT2D eigenvalue weighted by Gasteiger charge is 2.10. The standard InChI is InChI=1S/C7H3NO3S/c9-3-1-2-5-6(7(10)11)8-4-12-5/h3-4H,(H,10,11). The summed E-state index contributed by atoms with van der Waals surface area (Å²) in [5, 5.41) is 8.54. The van der Waals surface area contributed by atoms with Crippen molar-refractivity contribution in [3.8, 4) is 11.8 Å². The molecule has 0 aliphatic rings. The van der Waals surface area contributed by atoms with Crippen molar-refractivity contribution >= 4 is 23.6 Å². The summed E-state index contributed by atoms with van der Waals surface area (Å²) in [7, 11) is 0. The van der Waals surface area contributed by atoms with E-state index in [1.807, 2.05) is 0 Å². The number of thiazole rings is 1. The van der Waals surface area contributed by atoms with E-state index in [9.17, 15) is 9.59 Å². The molecule has 5 heteroatoms. The molecule has 0 atom stereocenters. The largest absolute Gasteiger partial charge is 0.476 e. The lowest BCUT2D eigenvalue weighted by Gasteiger charge is -1.84. The van der Waals surface area contributed by atoms with Gasteiger partial charge in [-0.2, -0.15) is 0 Å². The molecule has 0 aliphatic heterocycles. The molecule has 12 heavy (non-hydrogen) atoms. The molecule has 0 saturated carbocycles. The Morgan fingerprint density at radius 2 is 2.50 bits per heavy atom. The van der Waals surface area contributed by atoms with E-state index in [1.54, 1.807) is 0 Å². The Morgan fingerprint density at radius 3 is 3.08 bits per heavy atom. The molecular weight excluding hydrogens is 178 g/mol. The first-order chi connectivity index (χ1) is 5.75. The van der Waals surface area contributed by atoms with E-state index < -0.39 is 5.97 Å². The van der Waals surface area contributed by atoms with Crippen LogP contribution < -0.4 is 0 Å². The molecule has 0 aliphatic carbocycles. The number of hydrogen-bond acceptors (Lipinski definition) is 4. The van der Waals surface area contributed by atoms with Gasteiger partial charge in [-0.1, -0.05) is 0 Å². The Morgan fingerprint density at radius 1 is 1.75 bits per heavy atom. The summed E-state index contributed by atoms with van der Waals surface area (Å²) in [5.41, 5.74) is 1.27. The van der Waals surface area contributed by atoms with E-state index >= 15 is 0 Å². The SMILES string of the molecule is O=CC#Cc1scnc1C(=O)O. The van der Waals surface area contributed by atoms with Crippen molar-refractivity contribution in [1.82, 2.24) is 4.98 Å². The van der Waals surface area contributed by atoms with Gasteiger partial charge in [-0.3, -0.25) is 4.79 Å². The zero-order chi connectivity index (χ0) is 8.97. The molecule has 0 radical (unpaired) electrons. The van der Waals surface area contributed by atoms with Crippen molar-refractivity contribution < 1.29 is 14.7 Å². The van der Waals surface area contributed by atoms with Crippen LogP contribution in [0.15, 0.2) is 5.51 Å². The maximum absolute atomic E-state index is 10.4. The fourth-order valence-electron chi connectivity index (χ4n) is 0.582. The van der Waals surface area contributed by atoms with Crippen molar-refractivity contribution in [3.63, 3.8) is 0 Å². The highest BCUT2D eigenvalue weighted by molar-refractivity contribution is 7.10. The predicted molar refractivity (Wildman–Crippen MR) is 42.0 cm³/mol. The third-order valence-corrected chi connectivity index (χ3v) is 1.76. The number of carboxylic acids is 1. The van der Waals surface area contributed by atoms with Crippen LogP contribution in [-0.2, 0) is 4.79 Å². The van der Waals surface area contributed by atoms with Gasteiger partial charge < -0.3 is 5.11 Å². The molecule has 1 N–H and O–H groups in total. The van der Waals surface area contributed by atoms with E-state index in [1.165, 1.54) is 5.51 Å². The fourth-order valence-corrected chi connectivity index (χ4v) is 1.22. The summed E-state index contributed by atoms with van der Waals surface area (Å²) < 4.78 is 0. The number of aromatic carboxylic acids is 1. The van der Waals surface area contributed by atoms with Crippen molar-refractivity contribution in [1.29, 1.82) is 0 Å². The molecule has 1 heterocycles. The lowest BCUT2D eigenvalue weighted by atomic mass is 10.3. The average Bonchev–Trinajstić information content (AvgIpc) is 2.48. The summed E-state index contributed by atoms with van der Waals surface area (Å²) in [6.45, 7) is 0. The molecule has 1 aromatic rings. The first-order valence-corrected chi connectivity index (χ1v) is 3.75. The van der Waals surface area contributed by atoms with Crippen LogP contribution in [0.25, 0.3) is 0 Å². The van der Waals surface area contributed by atoms with E-state index in [0.29, 0.717) is 11.2 Å². The number of carbonyl (C=O) groups excluding carboxylic acids is 1. The minimum absolute atomic E-state index is 0.102. The Kier molecular flexibility index (Phi) is 2.56. The van der Waals surface area contributed by atoms with Crippen molar-refractivity contribution in [3.05, 3.63) is 16.1 Å². The first-order valence-electron chi connectivity index (χ1n) is 2.87. The lowest BCUT2D eigenvalue weighted by Crippen LogP contribution is -1.98. The number of carboxylic acid groups (broad SMARTS) is 1. The first kappa shape index (κ1) is 8.43. The maximum Gasteiger partial charge on any atom is 0.356 e. The van der Waals surface area contributed by atoms with Gasteiger partial charge >= 0.3 is 5.97 Å². The zero-order valence-electron chi connectivity index (χ0n) is 5.77. The van der Waals surface area contributed by atoms with Gasteiger partial charge in [0.2, 0.25) is 0 Å². The van der Waals surface area contributed by atoms with Gasteiger partial charge in [0.05, 0.1) is 5.51 Å². The molecule has 0 unspecified atom stereocenters. The second-order valence-electron chi connectivity index (χ2n) is 1.72. The highest BCUT2D eigenvalue weighted by atomic mass is 32.1. The molecule has 1 rings (SSSR count). The van der Waals surface area contributed by atoms with Gasteiger partial charge in [0, 0.05) is 0 Å². The quantitative estimate of drug-likeness (QED) is 0.502. The Balaban J connectivity index is 3.07. The molecule has 4 nitrogen and oxygen atoms in total. The third-order valence-electron chi connectivity index (χ3n) is 1.01. The van der Waals surface area contributed by atoms with E-state index in [4.69, 9.17) is 5.11 Å². The van der Waals surface area contributed by atoms with Gasteiger partial charge in [0.15, 0.2) is 12.0 Å². The van der Waals surface area contributed by atoms with Gasteiger partial charge in [-0.15, -0.1) is 11.3 Å². The number of aromatic nitrogens is 1. The van der Waals surface area contributed by atoms with Crippen LogP contribution in [0.5, 0.6) is 0 Å². The average molecular weight is 181 g/mol. The van der Waals surface area contributed by atoms with Crippen molar-refractivity contribution in [2.75, 3.05) is 0 Å². The van der Waals surface area contributed by atoms with Crippen molar-refractivity contribution in [2.24, 2.45) is 0 Å². The van der Waals surface area contributed by atoms with Gasteiger partial charge in [-0.25, -0.2) is 9.78 Å². The normalized spacial score (nSPS) is 8.33. The molecular formula is C7H3NO3S. The van der Waals surface area contributed by atoms with E-state index in [0.717, 1.165) is 11.3 Å². The Bertz CT molecular complexity index is 371. The van der Waals surface area contributed by atoms with Crippen LogP contribution >= 0.6 is 11.3 Å². The number of carbonyl (C=O) groups is 2. The van der Waals surface area contributed by atoms with Crippen molar-refractivity contribution in [2.45, 2.75) is 0 Å². The second-order valence-corrected chi connectivity index (χ2v) is 2.58. The molecule has 1 aromatic heterocycles. The van der Waals surface area contributed by atoms with Crippen LogP contribution in [0, 0.1) is 11.8 Å². The van der Waals surface area contributed by atoms with Gasteiger partial charge in [-0.05, 0) is 11.8 Å². The summed E-state index contributed by atoms with van der Waals surface area (Å²) in [5.74, 6) is 3.37. The van der Waals surface area contributed by atoms with Crippen LogP contribution in [0.1, 0.15) is 15.4 Å². The Hall–Kier alpha value is -1.67. The zero-order valence-corrected chi connectivity index (χ0v) is 6.59. The van der Waals surface area contributed by atoms with E-state index in [-0.39, 0.29) is 5.69 Å². The van der Waals surface area contributed by atoms with Crippen LogP contribution in [-0.4, -0.2) is 22.3 Å². The summed E-state index contributed by atoms with van der Waals surface area (Å²) in [6, 6.07) is 0. The maximum atomic E-state index is 10.4. The van der Waals surface area contributed by atoms with Crippen LogP contribution in [0.4, 0.5) is 0 Å². The van der Waals surface area contributed by atoms with Crippen LogP contribution in [0.3, 0.4) is 0 Å². The minimum Gasteiger partial charge on any atom is -0.476 e. The number of nitrogens with zero attached hydrogens (tertiary/aromatic N) is 1. The summed E-state index contributed by atoms with van der Waals surface area (Å²) in [6.07, 6.45) is 0.408. The van der Waals surface area contributed by atoms with Gasteiger partial charge in [0.1, 0.15) is 4.88 Å². The summed E-state index contributed by atoms with van der Waals surface area (Å²) in [4.78, 5) is 24.1. The lowest BCUT2D eigenvalue weighted by molar-refractivity contribution is -0.103. The molecule has 60 valence electrons. The highest BCUT2D eigenvalue weighted by Crippen LogP contribution is 2.10. The predicted octanol–water partition coefficient (Wildman–Crippen LogP) is 0.392. The molecule has 0 saturated heterocycles. The van der Waals surface area contributed by atoms with Crippen LogP contribution in [0.2, 0.25) is 0 Å². The molecule has 0 bridgehead atoms. The fraction of sp³-hybridized carbons (Fsp3) is 0. The second kappa shape index (κ2) is 3.64. The minimum atomic E-state index is -1.13. The Labute approximate surface area is 71.9 Å². The smallest absolute Gasteiger partial charge is 0.356 e. The number of rotatable bonds is 1. The van der Waals surface area contributed by atoms with E-state index in [2.05, 4.69) is 16.8 Å². The molecule has 0 amide bonds.